The topological polar surface area (TPSA) is 55.3 Å². The van der Waals surface area contributed by atoms with E-state index in [1.807, 2.05) is 39.8 Å². The summed E-state index contributed by atoms with van der Waals surface area (Å²) in [5.74, 6) is 0.283. The third kappa shape index (κ3) is 3.62. The number of anilines is 1. The molecule has 5 nitrogen and oxygen atoms in total. The highest BCUT2D eigenvalue weighted by atomic mass is 32.1. The fourth-order valence-corrected chi connectivity index (χ4v) is 2.78. The van der Waals surface area contributed by atoms with E-state index in [1.54, 1.807) is 19.4 Å². The maximum absolute atomic E-state index is 12.2. The highest BCUT2D eigenvalue weighted by Gasteiger charge is 2.22. The van der Waals surface area contributed by atoms with Crippen molar-refractivity contribution in [3.05, 3.63) is 30.2 Å². The highest BCUT2D eigenvalue weighted by molar-refractivity contribution is 7.19. The number of hydrogen-bond donors (Lipinski definition) is 0. The zero-order chi connectivity index (χ0) is 16.3. The Hall–Kier alpha value is -1.95. The van der Waals surface area contributed by atoms with Gasteiger partial charge in [-0.05, 0) is 31.9 Å². The molecule has 0 saturated heterocycles. The quantitative estimate of drug-likeness (QED) is 0.850. The van der Waals surface area contributed by atoms with Crippen LogP contribution in [0.3, 0.4) is 0 Å². The summed E-state index contributed by atoms with van der Waals surface area (Å²) < 4.78 is 5.45. The second-order valence-electron chi connectivity index (χ2n) is 5.54. The first-order valence-electron chi connectivity index (χ1n) is 7.22. The molecule has 0 radical (unpaired) electrons. The van der Waals surface area contributed by atoms with Crippen molar-refractivity contribution >= 4 is 22.4 Å². The Balaban J connectivity index is 2.19. The largest absolute Gasteiger partial charge is 0.446 e. The maximum Gasteiger partial charge on any atom is 0.414 e. The minimum absolute atomic E-state index is 0.124. The summed E-state index contributed by atoms with van der Waals surface area (Å²) in [7, 11) is 1.71. The monoisotopic (exact) mass is 319 g/mol. The maximum atomic E-state index is 12.2. The van der Waals surface area contributed by atoms with Gasteiger partial charge in [-0.25, -0.2) is 9.78 Å². The molecule has 0 bridgehead atoms. The van der Waals surface area contributed by atoms with Gasteiger partial charge in [0.05, 0.1) is 5.69 Å². The van der Waals surface area contributed by atoms with E-state index in [4.69, 9.17) is 4.74 Å². The van der Waals surface area contributed by atoms with Crippen LogP contribution >= 0.6 is 11.3 Å². The van der Waals surface area contributed by atoms with Crippen molar-refractivity contribution in [1.29, 1.82) is 0 Å². The van der Waals surface area contributed by atoms with Gasteiger partial charge in [0.2, 0.25) is 0 Å². The molecule has 0 aliphatic heterocycles. The summed E-state index contributed by atoms with van der Waals surface area (Å²) in [6, 6.07) is 3.82. The first-order chi connectivity index (χ1) is 10.4. The predicted molar refractivity (Wildman–Crippen MR) is 89.3 cm³/mol. The molecule has 1 amide bonds. The average molecular weight is 319 g/mol. The van der Waals surface area contributed by atoms with Gasteiger partial charge in [-0.2, -0.15) is 0 Å². The van der Waals surface area contributed by atoms with E-state index >= 15 is 0 Å². The Morgan fingerprint density at radius 1 is 1.36 bits per heavy atom. The summed E-state index contributed by atoms with van der Waals surface area (Å²) in [6.07, 6.45) is 3.01. The minimum Gasteiger partial charge on any atom is -0.446 e. The fourth-order valence-electron chi connectivity index (χ4n) is 1.77. The average Bonchev–Trinajstić information content (AvgIpc) is 2.89. The van der Waals surface area contributed by atoms with E-state index in [0.717, 1.165) is 21.3 Å². The van der Waals surface area contributed by atoms with Gasteiger partial charge in [0, 0.05) is 25.0 Å². The van der Waals surface area contributed by atoms with Crippen molar-refractivity contribution in [2.75, 3.05) is 11.9 Å². The Morgan fingerprint density at radius 3 is 2.68 bits per heavy atom. The van der Waals surface area contributed by atoms with Crippen LogP contribution in [-0.4, -0.2) is 29.2 Å². The zero-order valence-corrected chi connectivity index (χ0v) is 14.3. The number of amides is 1. The van der Waals surface area contributed by atoms with Crippen LogP contribution in [0.15, 0.2) is 24.5 Å². The molecule has 0 saturated carbocycles. The second kappa shape index (κ2) is 6.87. The molecule has 118 valence electrons. The number of carbonyl (C=O) groups is 1. The number of aryl methyl sites for hydroxylation is 1. The van der Waals surface area contributed by atoms with E-state index in [1.165, 1.54) is 16.2 Å². The molecular formula is C16H21N3O2S. The number of thiazole rings is 1. The lowest BCUT2D eigenvalue weighted by atomic mass is 10.1. The number of ether oxygens (including phenoxy) is 1. The van der Waals surface area contributed by atoms with Crippen LogP contribution < -0.4 is 4.90 Å². The van der Waals surface area contributed by atoms with Gasteiger partial charge in [0.15, 0.2) is 0 Å². The van der Waals surface area contributed by atoms with Crippen molar-refractivity contribution < 1.29 is 9.53 Å². The Labute approximate surface area is 135 Å². The number of nitrogens with zero attached hydrogens (tertiary/aromatic N) is 3. The fraction of sp³-hybridized carbons (Fsp3) is 0.438. The summed E-state index contributed by atoms with van der Waals surface area (Å²) in [4.78, 5) is 22.4. The summed E-state index contributed by atoms with van der Waals surface area (Å²) in [5, 5.41) is 1.64. The van der Waals surface area contributed by atoms with Crippen LogP contribution in [0.2, 0.25) is 0 Å². The summed E-state index contributed by atoms with van der Waals surface area (Å²) in [5.41, 5.74) is 1.75. The third-order valence-corrected chi connectivity index (χ3v) is 4.77. The van der Waals surface area contributed by atoms with Crippen molar-refractivity contribution in [3.63, 3.8) is 0 Å². The van der Waals surface area contributed by atoms with Gasteiger partial charge in [0.1, 0.15) is 16.1 Å². The van der Waals surface area contributed by atoms with Gasteiger partial charge in [-0.3, -0.25) is 9.88 Å². The van der Waals surface area contributed by atoms with Crippen molar-refractivity contribution in [1.82, 2.24) is 9.97 Å². The standard InChI is InChI=1S/C16H21N3O2S/c1-10(2)12(4)21-16(20)19(5)15-11(3)18-14(22-15)13-7-6-8-17-9-13/h6-10,12H,1-5H3. The molecule has 22 heavy (non-hydrogen) atoms. The van der Waals surface area contributed by atoms with Crippen molar-refractivity contribution in [2.24, 2.45) is 5.92 Å². The van der Waals surface area contributed by atoms with E-state index in [-0.39, 0.29) is 18.1 Å². The Kier molecular flexibility index (Phi) is 5.13. The van der Waals surface area contributed by atoms with Gasteiger partial charge in [-0.1, -0.05) is 25.2 Å². The predicted octanol–water partition coefficient (Wildman–Crippen LogP) is 4.13. The minimum atomic E-state index is -0.356. The van der Waals surface area contributed by atoms with Crippen LogP contribution in [0, 0.1) is 12.8 Å². The molecule has 2 rings (SSSR count). The summed E-state index contributed by atoms with van der Waals surface area (Å²) >= 11 is 1.46. The van der Waals surface area contributed by atoms with E-state index in [9.17, 15) is 4.79 Å². The van der Waals surface area contributed by atoms with E-state index in [0.29, 0.717) is 0 Å². The van der Waals surface area contributed by atoms with Gasteiger partial charge >= 0.3 is 6.09 Å². The number of hydrogen-bond acceptors (Lipinski definition) is 5. The number of pyridine rings is 1. The SMILES string of the molecule is Cc1nc(-c2cccnc2)sc1N(C)C(=O)OC(C)C(C)C. The molecular weight excluding hydrogens is 298 g/mol. The zero-order valence-electron chi connectivity index (χ0n) is 13.5. The normalized spacial score (nSPS) is 12.3. The smallest absolute Gasteiger partial charge is 0.414 e. The van der Waals surface area contributed by atoms with Crippen LogP contribution in [-0.2, 0) is 4.74 Å². The van der Waals surface area contributed by atoms with Crippen LogP contribution in [0.4, 0.5) is 9.80 Å². The molecule has 1 unspecified atom stereocenters. The first kappa shape index (κ1) is 16.4. The number of rotatable bonds is 4. The van der Waals surface area contributed by atoms with E-state index < -0.39 is 0 Å². The van der Waals surface area contributed by atoms with Gasteiger partial charge < -0.3 is 4.74 Å². The molecule has 1 atom stereocenters. The molecule has 0 N–H and O–H groups in total. The molecule has 6 heteroatoms. The Morgan fingerprint density at radius 2 is 2.09 bits per heavy atom. The molecule has 0 aliphatic rings. The molecule has 0 fully saturated rings. The highest BCUT2D eigenvalue weighted by Crippen LogP contribution is 2.33. The lowest BCUT2D eigenvalue weighted by Crippen LogP contribution is -2.31. The number of aromatic nitrogens is 2. The third-order valence-electron chi connectivity index (χ3n) is 3.48. The van der Waals surface area contributed by atoms with Crippen LogP contribution in [0.25, 0.3) is 10.6 Å². The van der Waals surface area contributed by atoms with Gasteiger partial charge in [-0.15, -0.1) is 0 Å². The molecule has 2 aromatic heterocycles. The van der Waals surface area contributed by atoms with Gasteiger partial charge in [0.25, 0.3) is 0 Å². The molecule has 0 spiro atoms. The molecule has 2 aromatic rings. The molecule has 2 heterocycles. The van der Waals surface area contributed by atoms with Crippen molar-refractivity contribution in [3.8, 4) is 10.6 Å². The second-order valence-corrected chi connectivity index (χ2v) is 6.52. The summed E-state index contributed by atoms with van der Waals surface area (Å²) in [6.45, 7) is 7.84. The first-order valence-corrected chi connectivity index (χ1v) is 8.04. The lowest BCUT2D eigenvalue weighted by Gasteiger charge is -2.21. The lowest BCUT2D eigenvalue weighted by molar-refractivity contribution is 0.0891. The van der Waals surface area contributed by atoms with E-state index in [2.05, 4.69) is 9.97 Å². The van der Waals surface area contributed by atoms with Crippen LogP contribution in [0.1, 0.15) is 26.5 Å². The molecule has 0 aliphatic carbocycles. The van der Waals surface area contributed by atoms with Crippen LogP contribution in [0.5, 0.6) is 0 Å². The molecule has 0 aromatic carbocycles. The number of carbonyl (C=O) groups excluding carboxylic acids is 1. The van der Waals surface area contributed by atoms with Crippen molar-refractivity contribution in [2.45, 2.75) is 33.8 Å². The Bertz CT molecular complexity index is 640.